The second-order valence-electron chi connectivity index (χ2n) is 6.05. The minimum absolute atomic E-state index is 0.00785. The number of halogens is 1. The minimum Gasteiger partial charge on any atom is -0.207 e. The highest BCUT2D eigenvalue weighted by Gasteiger charge is 2.33. The van der Waals surface area contributed by atoms with Crippen LogP contribution in [0.4, 0.5) is 0 Å². The summed E-state index contributed by atoms with van der Waals surface area (Å²) in [5.74, 6) is 1.17. The van der Waals surface area contributed by atoms with Gasteiger partial charge in [0.1, 0.15) is 0 Å². The lowest BCUT2D eigenvalue weighted by molar-refractivity contribution is 0.341. The van der Waals surface area contributed by atoms with Crippen molar-refractivity contribution in [2.45, 2.75) is 50.5 Å². The van der Waals surface area contributed by atoms with Crippen molar-refractivity contribution in [3.63, 3.8) is 0 Å². The number of rotatable bonds is 8. The van der Waals surface area contributed by atoms with Crippen molar-refractivity contribution in [2.75, 3.05) is 12.4 Å². The Morgan fingerprint density at radius 1 is 1.24 bits per heavy atom. The molecule has 0 saturated heterocycles. The number of hydrogen-bond acceptors (Lipinski definition) is 2. The van der Waals surface area contributed by atoms with E-state index < -0.39 is 10.0 Å². The standard InChI is InChI=1S/C16H24ClNO2S/c1-13(2)18(12-15-5-6-15)21(19,20)16-9-7-14(8-10-16)4-3-11-17/h7-10,13,15H,3-6,11-12H2,1-2H3. The van der Waals surface area contributed by atoms with E-state index in [1.165, 1.54) is 0 Å². The molecule has 0 aromatic heterocycles. The lowest BCUT2D eigenvalue weighted by Gasteiger charge is -2.26. The van der Waals surface area contributed by atoms with Gasteiger partial charge in [0, 0.05) is 18.5 Å². The highest BCUT2D eigenvalue weighted by Crippen LogP contribution is 2.32. The van der Waals surface area contributed by atoms with E-state index in [1.807, 2.05) is 26.0 Å². The lowest BCUT2D eigenvalue weighted by Crippen LogP contribution is -2.38. The van der Waals surface area contributed by atoms with Crippen LogP contribution in [0, 0.1) is 5.92 Å². The summed E-state index contributed by atoms with van der Waals surface area (Å²) >= 11 is 5.68. The number of alkyl halides is 1. The molecular formula is C16H24ClNO2S. The van der Waals surface area contributed by atoms with E-state index in [0.717, 1.165) is 31.2 Å². The summed E-state index contributed by atoms with van der Waals surface area (Å²) in [6.07, 6.45) is 4.10. The van der Waals surface area contributed by atoms with Crippen LogP contribution in [-0.4, -0.2) is 31.2 Å². The van der Waals surface area contributed by atoms with Gasteiger partial charge in [0.15, 0.2) is 0 Å². The number of hydrogen-bond donors (Lipinski definition) is 0. The average Bonchev–Trinajstić information content (AvgIpc) is 3.26. The predicted octanol–water partition coefficient (Wildman–Crippen LogP) is 3.67. The molecule has 0 atom stereocenters. The fourth-order valence-corrected chi connectivity index (χ4v) is 4.22. The van der Waals surface area contributed by atoms with Crippen LogP contribution in [0.15, 0.2) is 29.2 Å². The largest absolute Gasteiger partial charge is 0.243 e. The molecule has 1 aliphatic rings. The van der Waals surface area contributed by atoms with E-state index >= 15 is 0 Å². The van der Waals surface area contributed by atoms with Gasteiger partial charge < -0.3 is 0 Å². The zero-order chi connectivity index (χ0) is 15.5. The summed E-state index contributed by atoms with van der Waals surface area (Å²) in [4.78, 5) is 0.395. The number of sulfonamides is 1. The predicted molar refractivity (Wildman–Crippen MR) is 87.2 cm³/mol. The fourth-order valence-electron chi connectivity index (χ4n) is 2.38. The average molecular weight is 330 g/mol. The molecule has 0 aliphatic heterocycles. The molecule has 0 radical (unpaired) electrons. The summed E-state index contributed by atoms with van der Waals surface area (Å²) in [6.45, 7) is 4.53. The van der Waals surface area contributed by atoms with Crippen LogP contribution < -0.4 is 0 Å². The molecule has 1 aliphatic carbocycles. The van der Waals surface area contributed by atoms with Crippen molar-refractivity contribution in [2.24, 2.45) is 5.92 Å². The van der Waals surface area contributed by atoms with Crippen molar-refractivity contribution >= 4 is 21.6 Å². The molecule has 118 valence electrons. The summed E-state index contributed by atoms with van der Waals surface area (Å²) in [5.41, 5.74) is 1.13. The molecule has 1 fully saturated rings. The maximum Gasteiger partial charge on any atom is 0.243 e. The maximum atomic E-state index is 12.8. The summed E-state index contributed by atoms with van der Waals surface area (Å²) < 4.78 is 27.2. The molecular weight excluding hydrogens is 306 g/mol. The smallest absolute Gasteiger partial charge is 0.207 e. The van der Waals surface area contributed by atoms with Gasteiger partial charge in [0.05, 0.1) is 4.90 Å². The molecule has 0 amide bonds. The van der Waals surface area contributed by atoms with Crippen LogP contribution in [0.2, 0.25) is 0 Å². The third-order valence-corrected chi connectivity index (χ3v) is 6.16. The molecule has 3 nitrogen and oxygen atoms in total. The Labute approximate surface area is 133 Å². The van der Waals surface area contributed by atoms with Crippen LogP contribution in [-0.2, 0) is 16.4 Å². The first kappa shape index (κ1) is 16.8. The quantitative estimate of drug-likeness (QED) is 0.682. The Morgan fingerprint density at radius 2 is 1.86 bits per heavy atom. The Balaban J connectivity index is 2.16. The molecule has 0 spiro atoms. The van der Waals surface area contributed by atoms with Crippen LogP contribution in [0.25, 0.3) is 0 Å². The molecule has 5 heteroatoms. The minimum atomic E-state index is -3.39. The fraction of sp³-hybridized carbons (Fsp3) is 0.625. The molecule has 0 unspecified atom stereocenters. The van der Waals surface area contributed by atoms with Gasteiger partial charge in [-0.15, -0.1) is 11.6 Å². The third-order valence-electron chi connectivity index (χ3n) is 3.84. The van der Waals surface area contributed by atoms with Crippen molar-refractivity contribution in [1.29, 1.82) is 0 Å². The van der Waals surface area contributed by atoms with E-state index in [0.29, 0.717) is 23.2 Å². The Hall–Kier alpha value is -0.580. The maximum absolute atomic E-state index is 12.8. The van der Waals surface area contributed by atoms with Crippen molar-refractivity contribution < 1.29 is 8.42 Å². The van der Waals surface area contributed by atoms with Crippen LogP contribution in [0.5, 0.6) is 0 Å². The van der Waals surface area contributed by atoms with Gasteiger partial charge in [-0.1, -0.05) is 12.1 Å². The summed E-state index contributed by atoms with van der Waals surface area (Å²) in [5, 5.41) is 0. The molecule has 21 heavy (non-hydrogen) atoms. The highest BCUT2D eigenvalue weighted by atomic mass is 35.5. The molecule has 0 N–H and O–H groups in total. The Morgan fingerprint density at radius 3 is 2.33 bits per heavy atom. The lowest BCUT2D eigenvalue weighted by atomic mass is 10.1. The van der Waals surface area contributed by atoms with E-state index in [1.54, 1.807) is 16.4 Å². The summed E-state index contributed by atoms with van der Waals surface area (Å²) in [6, 6.07) is 7.23. The van der Waals surface area contributed by atoms with Crippen LogP contribution in [0.3, 0.4) is 0 Å². The van der Waals surface area contributed by atoms with Gasteiger partial charge in [-0.25, -0.2) is 8.42 Å². The first-order valence-corrected chi connectivity index (χ1v) is 9.59. The first-order valence-electron chi connectivity index (χ1n) is 7.62. The second kappa shape index (κ2) is 7.12. The van der Waals surface area contributed by atoms with Gasteiger partial charge in [0.2, 0.25) is 10.0 Å². The summed E-state index contributed by atoms with van der Waals surface area (Å²) in [7, 11) is -3.39. The van der Waals surface area contributed by atoms with Crippen molar-refractivity contribution in [1.82, 2.24) is 4.31 Å². The SMILES string of the molecule is CC(C)N(CC1CC1)S(=O)(=O)c1ccc(CCCCl)cc1. The van der Waals surface area contributed by atoms with E-state index in [4.69, 9.17) is 11.6 Å². The van der Waals surface area contributed by atoms with E-state index in [2.05, 4.69) is 0 Å². The Bertz CT molecular complexity index is 550. The normalized spacial score (nSPS) is 15.9. The molecule has 0 heterocycles. The van der Waals surface area contributed by atoms with Gasteiger partial charge in [-0.2, -0.15) is 4.31 Å². The molecule has 0 bridgehead atoms. The number of aryl methyl sites for hydroxylation is 1. The Kier molecular flexibility index (Phi) is 5.69. The van der Waals surface area contributed by atoms with Gasteiger partial charge in [-0.3, -0.25) is 0 Å². The van der Waals surface area contributed by atoms with Crippen molar-refractivity contribution in [3.05, 3.63) is 29.8 Å². The van der Waals surface area contributed by atoms with Gasteiger partial charge >= 0.3 is 0 Å². The van der Waals surface area contributed by atoms with E-state index in [-0.39, 0.29) is 6.04 Å². The molecule has 2 rings (SSSR count). The van der Waals surface area contributed by atoms with E-state index in [9.17, 15) is 8.42 Å². The van der Waals surface area contributed by atoms with Gasteiger partial charge in [-0.05, 0) is 63.1 Å². The second-order valence-corrected chi connectivity index (χ2v) is 8.32. The van der Waals surface area contributed by atoms with Gasteiger partial charge in [0.25, 0.3) is 0 Å². The number of benzene rings is 1. The highest BCUT2D eigenvalue weighted by molar-refractivity contribution is 7.89. The monoisotopic (exact) mass is 329 g/mol. The molecule has 1 aromatic rings. The van der Waals surface area contributed by atoms with Crippen molar-refractivity contribution in [3.8, 4) is 0 Å². The third kappa shape index (κ3) is 4.44. The topological polar surface area (TPSA) is 37.4 Å². The van der Waals surface area contributed by atoms with Crippen LogP contribution >= 0.6 is 11.6 Å². The zero-order valence-corrected chi connectivity index (χ0v) is 14.3. The van der Waals surface area contributed by atoms with Crippen LogP contribution in [0.1, 0.15) is 38.7 Å². The first-order chi connectivity index (χ1) is 9.95. The number of nitrogens with zero attached hydrogens (tertiary/aromatic N) is 1. The molecule has 1 saturated carbocycles. The zero-order valence-electron chi connectivity index (χ0n) is 12.8. The molecule has 1 aromatic carbocycles.